The predicted octanol–water partition coefficient (Wildman–Crippen LogP) is 2.27. The number of pyridine rings is 1. The van der Waals surface area contributed by atoms with E-state index in [1.54, 1.807) is 4.90 Å². The van der Waals surface area contributed by atoms with Gasteiger partial charge < -0.3 is 4.90 Å². The minimum atomic E-state index is -4.01. The Balaban J connectivity index is 1.36. The number of fused-ring (bicyclic) bond motifs is 1. The van der Waals surface area contributed by atoms with Crippen molar-refractivity contribution in [3.05, 3.63) is 29.8 Å². The first-order valence-electron chi connectivity index (χ1n) is 13.7. The Morgan fingerprint density at radius 3 is 2.48 bits per heavy atom. The first-order valence-corrected chi connectivity index (χ1v) is 16.0. The number of hydrogen-bond donors (Lipinski definition) is 3. The number of sulfonamides is 1. The van der Waals surface area contributed by atoms with Gasteiger partial charge in [-0.15, -0.1) is 0 Å². The van der Waals surface area contributed by atoms with E-state index in [1.807, 2.05) is 6.92 Å². The van der Waals surface area contributed by atoms with Gasteiger partial charge in [0.25, 0.3) is 0 Å². The number of alkyl halides is 1. The number of hydrogen-bond acceptors (Lipinski definition) is 7. The van der Waals surface area contributed by atoms with Crippen molar-refractivity contribution in [2.24, 2.45) is 11.3 Å². The van der Waals surface area contributed by atoms with E-state index in [0.717, 1.165) is 31.0 Å². The maximum Gasteiger partial charge on any atom is 0.242 e. The van der Waals surface area contributed by atoms with Gasteiger partial charge in [-0.3, -0.25) is 20.0 Å². The lowest BCUT2D eigenvalue weighted by molar-refractivity contribution is -0.141. The second-order valence-corrected chi connectivity index (χ2v) is 14.7. The summed E-state index contributed by atoms with van der Waals surface area (Å²) in [6.45, 7) is 2.32. The molecule has 2 aromatic rings. The van der Waals surface area contributed by atoms with Crippen molar-refractivity contribution in [3.8, 4) is 6.07 Å². The van der Waals surface area contributed by atoms with E-state index in [0.29, 0.717) is 36.2 Å². The van der Waals surface area contributed by atoms with Crippen LogP contribution in [0.2, 0.25) is 0 Å². The molecule has 0 unspecified atom stereocenters. The summed E-state index contributed by atoms with van der Waals surface area (Å²) in [6, 6.07) is 3.59. The van der Waals surface area contributed by atoms with Gasteiger partial charge in [-0.2, -0.15) is 5.26 Å². The van der Waals surface area contributed by atoms with E-state index in [-0.39, 0.29) is 59.1 Å². The fraction of sp³-hybridized carbons (Fsp3) is 0.593. The van der Waals surface area contributed by atoms with E-state index < -0.39 is 26.6 Å². The molecule has 0 aromatic carbocycles. The first kappa shape index (κ1) is 27.4. The molecule has 4 aliphatic rings. The molecule has 6 rings (SSSR count). The summed E-state index contributed by atoms with van der Waals surface area (Å²) in [5, 5.41) is 24.6. The Bertz CT molecular complexity index is 1570. The van der Waals surface area contributed by atoms with E-state index >= 15 is 4.39 Å². The van der Waals surface area contributed by atoms with Crippen LogP contribution in [0.5, 0.6) is 0 Å². The number of likely N-dealkylation sites (tertiary alicyclic amines) is 1. The summed E-state index contributed by atoms with van der Waals surface area (Å²) in [5.74, 6) is 0.227. The van der Waals surface area contributed by atoms with Crippen LogP contribution in [0, 0.1) is 28.1 Å². The van der Waals surface area contributed by atoms with Gasteiger partial charge in [-0.25, -0.2) is 22.5 Å². The number of nitriles is 1. The van der Waals surface area contributed by atoms with Crippen LogP contribution in [-0.4, -0.2) is 57.3 Å². The Kier molecular flexibility index (Phi) is 6.40. The van der Waals surface area contributed by atoms with Gasteiger partial charge in [-0.05, 0) is 63.3 Å². The SMILES string of the molecule is CC1(NS(=O)(=O)c2cc(C3(F)CCN(C(=O)C4CCC4)CC3)c3cnc(C(=N)SC(=[NH2+])C4(C#N)CC4)n3c2)CC1. The van der Waals surface area contributed by atoms with E-state index in [1.165, 1.54) is 22.9 Å². The highest BCUT2D eigenvalue weighted by atomic mass is 32.2. The number of carbonyl (C=O) groups excluding carboxylic acids is 1. The largest absolute Gasteiger partial charge is 0.342 e. The monoisotopic (exact) mass is 586 g/mol. The number of amides is 1. The quantitative estimate of drug-likeness (QED) is 0.334. The molecule has 2 aromatic heterocycles. The van der Waals surface area contributed by atoms with Gasteiger partial charge >= 0.3 is 0 Å². The smallest absolute Gasteiger partial charge is 0.242 e. The molecule has 10 nitrogen and oxygen atoms in total. The van der Waals surface area contributed by atoms with Gasteiger partial charge in [0.05, 0.1) is 22.7 Å². The topological polar surface area (TPSA) is 157 Å². The number of nitrogens with two attached hydrogens (primary N) is 1. The Hall–Kier alpha value is -2.82. The minimum Gasteiger partial charge on any atom is -0.342 e. The molecule has 0 bridgehead atoms. The normalized spacial score (nSPS) is 22.8. The highest BCUT2D eigenvalue weighted by molar-refractivity contribution is 8.26. The summed E-state index contributed by atoms with van der Waals surface area (Å²) in [7, 11) is -4.01. The maximum absolute atomic E-state index is 16.8. The summed E-state index contributed by atoms with van der Waals surface area (Å²) < 4.78 is 47.9. The van der Waals surface area contributed by atoms with Gasteiger partial charge in [0, 0.05) is 49.1 Å². The van der Waals surface area contributed by atoms with Crippen LogP contribution < -0.4 is 10.1 Å². The van der Waals surface area contributed by atoms with Crippen LogP contribution >= 0.6 is 11.8 Å². The zero-order valence-electron chi connectivity index (χ0n) is 22.4. The van der Waals surface area contributed by atoms with Crippen LogP contribution in [0.1, 0.15) is 76.1 Å². The number of thioether (sulfide) groups is 1. The highest BCUT2D eigenvalue weighted by Gasteiger charge is 2.52. The second-order valence-electron chi connectivity index (χ2n) is 12.0. The van der Waals surface area contributed by atoms with E-state index in [4.69, 9.17) is 10.8 Å². The van der Waals surface area contributed by atoms with Crippen molar-refractivity contribution in [1.82, 2.24) is 19.0 Å². The van der Waals surface area contributed by atoms with E-state index in [9.17, 15) is 18.5 Å². The third kappa shape index (κ3) is 4.73. The van der Waals surface area contributed by atoms with Crippen molar-refractivity contribution < 1.29 is 23.0 Å². The van der Waals surface area contributed by atoms with E-state index in [2.05, 4.69) is 15.8 Å². The predicted molar refractivity (Wildman–Crippen MR) is 148 cm³/mol. The molecule has 1 amide bonds. The first-order chi connectivity index (χ1) is 18.9. The summed E-state index contributed by atoms with van der Waals surface area (Å²) >= 11 is 0.923. The molecular weight excluding hydrogens is 553 g/mol. The lowest BCUT2D eigenvalue weighted by atomic mass is 9.82. The fourth-order valence-corrected chi connectivity index (χ4v) is 7.87. The third-order valence-corrected chi connectivity index (χ3v) is 11.6. The fourth-order valence-electron chi connectivity index (χ4n) is 5.47. The summed E-state index contributed by atoms with van der Waals surface area (Å²) in [5.41, 5.74) is -2.65. The average Bonchev–Trinajstić information content (AvgIpc) is 3.78. The molecule has 3 aliphatic carbocycles. The summed E-state index contributed by atoms with van der Waals surface area (Å²) in [4.78, 5) is 18.8. The van der Waals surface area contributed by atoms with Crippen LogP contribution in [-0.2, 0) is 20.5 Å². The van der Waals surface area contributed by atoms with Crippen LogP contribution in [0.3, 0.4) is 0 Å². The van der Waals surface area contributed by atoms with Gasteiger partial charge in [-0.1, -0.05) is 6.42 Å². The van der Waals surface area contributed by atoms with Gasteiger partial charge in [0.1, 0.15) is 16.1 Å². The molecule has 212 valence electrons. The molecule has 3 heterocycles. The Morgan fingerprint density at radius 2 is 1.93 bits per heavy atom. The second kappa shape index (κ2) is 9.36. The van der Waals surface area contributed by atoms with Gasteiger partial charge in [0.15, 0.2) is 5.82 Å². The molecule has 1 saturated heterocycles. The molecule has 3 saturated carbocycles. The number of rotatable bonds is 7. The lowest BCUT2D eigenvalue weighted by Crippen LogP contribution is -2.47. The molecule has 0 atom stereocenters. The zero-order chi connectivity index (χ0) is 28.5. The number of carbonyl (C=O) groups is 1. The van der Waals surface area contributed by atoms with Crippen molar-refractivity contribution in [3.63, 3.8) is 0 Å². The van der Waals surface area contributed by atoms with Crippen molar-refractivity contribution in [2.45, 2.75) is 80.8 Å². The molecule has 1 aliphatic heterocycles. The zero-order valence-corrected chi connectivity index (χ0v) is 24.0. The number of halogens is 1. The molecule has 0 spiro atoms. The molecule has 13 heteroatoms. The number of nitrogens with zero attached hydrogens (tertiary/aromatic N) is 4. The van der Waals surface area contributed by atoms with Crippen LogP contribution in [0.4, 0.5) is 4.39 Å². The summed E-state index contributed by atoms with van der Waals surface area (Å²) in [6.07, 6.45) is 8.37. The minimum absolute atomic E-state index is 0.0307. The highest BCUT2D eigenvalue weighted by Crippen LogP contribution is 2.48. The van der Waals surface area contributed by atoms with Crippen LogP contribution in [0.15, 0.2) is 23.4 Å². The van der Waals surface area contributed by atoms with Gasteiger partial charge in [0.2, 0.25) is 21.0 Å². The van der Waals surface area contributed by atoms with Crippen LogP contribution in [0.25, 0.3) is 5.52 Å². The molecule has 0 radical (unpaired) electrons. The third-order valence-electron chi connectivity index (χ3n) is 8.96. The van der Waals surface area contributed by atoms with Crippen molar-refractivity contribution >= 4 is 43.3 Å². The standard InChI is InChI=1S/C27H32FN7O3S2/c1-25(5-6-25)33-40(37,38)18-13-19(27(28)9-11-34(12-10-27)23(36)17-3-2-4-17)20-14-32-22(35(20)15-18)21(30)39-24(31)26(16-29)7-8-26/h13-15,17,30-31,33H,2-12H2,1H3/p+1. The molecule has 4 N–H and O–H groups in total. The molecule has 40 heavy (non-hydrogen) atoms. The maximum atomic E-state index is 16.8. The average molecular weight is 587 g/mol. The molecule has 4 fully saturated rings. The Labute approximate surface area is 236 Å². The molecular formula is C27H33FN7O3S2+. The number of aromatic nitrogens is 2. The van der Waals surface area contributed by atoms with Crippen molar-refractivity contribution in [2.75, 3.05) is 13.1 Å². The Morgan fingerprint density at radius 1 is 1.25 bits per heavy atom. The number of piperidine rings is 1. The van der Waals surface area contributed by atoms with Crippen molar-refractivity contribution in [1.29, 1.82) is 10.7 Å². The number of imidazole rings is 1. The lowest BCUT2D eigenvalue weighted by Gasteiger charge is -2.39. The number of nitrogens with one attached hydrogen (secondary N) is 2.